The van der Waals surface area contributed by atoms with Crippen LogP contribution >= 0.6 is 0 Å². The maximum absolute atomic E-state index is 10.1. The smallest absolute Gasteiger partial charge is 0.0577 e. The Kier molecular flexibility index (Phi) is 4.35. The van der Waals surface area contributed by atoms with Gasteiger partial charge in [-0.25, -0.2) is 0 Å². The standard InChI is InChI=1S/C24H36O/c1-5-6-16(2)20-9-10-21-19-8-7-17-15-18(25)11-13-23(17,3)22(19)12-14-24(20,21)4/h1,7,16,18-22,25H,6,8-15H2,2-4H3/t16?,18-,19?,20?,21?,22?,23-,24+/m0/s1. The van der Waals surface area contributed by atoms with Crippen LogP contribution in [0.5, 0.6) is 0 Å². The van der Waals surface area contributed by atoms with Gasteiger partial charge in [0.25, 0.3) is 0 Å². The summed E-state index contributed by atoms with van der Waals surface area (Å²) in [7, 11) is 0. The molecule has 3 fully saturated rings. The molecule has 3 saturated carbocycles. The first-order valence-electron chi connectivity index (χ1n) is 10.7. The molecule has 0 spiro atoms. The van der Waals surface area contributed by atoms with E-state index in [9.17, 15) is 5.11 Å². The highest BCUT2D eigenvalue weighted by Crippen LogP contribution is 2.67. The van der Waals surface area contributed by atoms with Gasteiger partial charge >= 0.3 is 0 Å². The molecule has 4 rings (SSSR count). The molecule has 138 valence electrons. The molecule has 0 aromatic rings. The monoisotopic (exact) mass is 340 g/mol. The normalized spacial score (nSPS) is 50.0. The number of aliphatic hydroxyl groups is 1. The molecule has 0 aromatic heterocycles. The molecule has 0 aliphatic heterocycles. The fraction of sp³-hybridized carbons (Fsp3) is 0.833. The fourth-order valence-electron chi connectivity index (χ4n) is 7.95. The third kappa shape index (κ3) is 2.55. The molecule has 0 bridgehead atoms. The van der Waals surface area contributed by atoms with E-state index in [0.29, 0.717) is 16.7 Å². The van der Waals surface area contributed by atoms with Gasteiger partial charge in [0.05, 0.1) is 6.10 Å². The fourth-order valence-corrected chi connectivity index (χ4v) is 7.95. The average Bonchev–Trinajstić information content (AvgIpc) is 2.93. The Labute approximate surface area is 154 Å². The van der Waals surface area contributed by atoms with Gasteiger partial charge in [0, 0.05) is 6.42 Å². The Hall–Kier alpha value is -0.740. The second-order valence-electron chi connectivity index (χ2n) is 10.3. The first-order chi connectivity index (χ1) is 11.9. The zero-order chi connectivity index (χ0) is 17.8. The molecule has 1 nitrogen and oxygen atoms in total. The number of terminal acetylenes is 1. The van der Waals surface area contributed by atoms with Crippen LogP contribution in [0.2, 0.25) is 0 Å². The predicted molar refractivity (Wildman–Crippen MR) is 104 cm³/mol. The molecular weight excluding hydrogens is 304 g/mol. The molecule has 0 radical (unpaired) electrons. The number of rotatable bonds is 2. The summed E-state index contributed by atoms with van der Waals surface area (Å²) >= 11 is 0. The van der Waals surface area contributed by atoms with Gasteiger partial charge in [-0.3, -0.25) is 0 Å². The molecule has 4 aliphatic carbocycles. The molecule has 0 saturated heterocycles. The van der Waals surface area contributed by atoms with Crippen molar-refractivity contribution < 1.29 is 5.11 Å². The second-order valence-corrected chi connectivity index (χ2v) is 10.3. The van der Waals surface area contributed by atoms with Gasteiger partial charge in [0.2, 0.25) is 0 Å². The van der Waals surface area contributed by atoms with Crippen molar-refractivity contribution in [2.75, 3.05) is 0 Å². The third-order valence-electron chi connectivity index (χ3n) is 9.28. The maximum Gasteiger partial charge on any atom is 0.0577 e. The van der Waals surface area contributed by atoms with E-state index in [-0.39, 0.29) is 6.10 Å². The van der Waals surface area contributed by atoms with Gasteiger partial charge in [0.1, 0.15) is 0 Å². The van der Waals surface area contributed by atoms with E-state index >= 15 is 0 Å². The van der Waals surface area contributed by atoms with Gasteiger partial charge in [0.15, 0.2) is 0 Å². The lowest BCUT2D eigenvalue weighted by Crippen LogP contribution is -2.50. The quantitative estimate of drug-likeness (QED) is 0.513. The minimum absolute atomic E-state index is 0.0924. The van der Waals surface area contributed by atoms with Crippen LogP contribution in [-0.2, 0) is 0 Å². The first-order valence-corrected chi connectivity index (χ1v) is 10.7. The summed E-state index contributed by atoms with van der Waals surface area (Å²) in [6.45, 7) is 7.52. The zero-order valence-electron chi connectivity index (χ0n) is 16.4. The molecular formula is C24H36O. The van der Waals surface area contributed by atoms with Crippen LogP contribution in [0.1, 0.15) is 78.6 Å². The summed E-state index contributed by atoms with van der Waals surface area (Å²) in [5.74, 6) is 7.02. The minimum Gasteiger partial charge on any atom is -0.393 e. The lowest BCUT2D eigenvalue weighted by molar-refractivity contribution is -0.0563. The Morgan fingerprint density at radius 1 is 1.20 bits per heavy atom. The highest BCUT2D eigenvalue weighted by atomic mass is 16.3. The highest BCUT2D eigenvalue weighted by molar-refractivity contribution is 5.25. The Bertz CT molecular complexity index is 598. The lowest BCUT2D eigenvalue weighted by Gasteiger charge is -2.58. The second kappa shape index (κ2) is 6.16. The molecule has 5 unspecified atom stereocenters. The summed E-state index contributed by atoms with van der Waals surface area (Å²) in [4.78, 5) is 0. The summed E-state index contributed by atoms with van der Waals surface area (Å²) in [6, 6.07) is 0. The lowest BCUT2D eigenvalue weighted by atomic mass is 9.47. The molecule has 0 aromatic carbocycles. The summed E-state index contributed by atoms with van der Waals surface area (Å²) in [5, 5.41) is 10.1. The third-order valence-corrected chi connectivity index (χ3v) is 9.28. The number of fused-ring (bicyclic) bond motifs is 5. The van der Waals surface area contributed by atoms with E-state index in [2.05, 4.69) is 32.8 Å². The van der Waals surface area contributed by atoms with Crippen molar-refractivity contribution in [3.8, 4) is 12.3 Å². The number of aliphatic hydroxyl groups excluding tert-OH is 1. The van der Waals surface area contributed by atoms with E-state index < -0.39 is 0 Å². The van der Waals surface area contributed by atoms with Crippen molar-refractivity contribution in [3.63, 3.8) is 0 Å². The summed E-state index contributed by atoms with van der Waals surface area (Å²) in [6.07, 6.45) is 19.0. The summed E-state index contributed by atoms with van der Waals surface area (Å²) < 4.78 is 0. The Morgan fingerprint density at radius 3 is 2.76 bits per heavy atom. The Morgan fingerprint density at radius 2 is 2.00 bits per heavy atom. The van der Waals surface area contributed by atoms with Crippen molar-refractivity contribution in [1.29, 1.82) is 0 Å². The van der Waals surface area contributed by atoms with Crippen LogP contribution in [0.15, 0.2) is 11.6 Å². The van der Waals surface area contributed by atoms with Crippen LogP contribution in [0.4, 0.5) is 0 Å². The van der Waals surface area contributed by atoms with E-state index in [0.717, 1.165) is 42.9 Å². The highest BCUT2D eigenvalue weighted by Gasteiger charge is 2.59. The van der Waals surface area contributed by atoms with Gasteiger partial charge in [-0.15, -0.1) is 12.3 Å². The zero-order valence-corrected chi connectivity index (χ0v) is 16.4. The van der Waals surface area contributed by atoms with Crippen LogP contribution in [-0.4, -0.2) is 11.2 Å². The largest absolute Gasteiger partial charge is 0.393 e. The van der Waals surface area contributed by atoms with Gasteiger partial charge in [-0.1, -0.05) is 32.4 Å². The first kappa shape index (κ1) is 17.7. The van der Waals surface area contributed by atoms with E-state index in [4.69, 9.17) is 6.42 Å². The SMILES string of the molecule is C#CCC(C)C1CCC2C3CC=C4C[C@@H](O)CC[C@]4(C)C3CC[C@]12C. The molecule has 4 aliphatic rings. The minimum atomic E-state index is -0.0924. The van der Waals surface area contributed by atoms with Crippen LogP contribution in [0.3, 0.4) is 0 Å². The predicted octanol–water partition coefficient (Wildman–Crippen LogP) is 5.59. The average molecular weight is 341 g/mol. The van der Waals surface area contributed by atoms with E-state index in [1.807, 2.05) is 0 Å². The molecule has 0 heterocycles. The van der Waals surface area contributed by atoms with Crippen molar-refractivity contribution in [1.82, 2.24) is 0 Å². The summed E-state index contributed by atoms with van der Waals surface area (Å²) in [5.41, 5.74) is 2.46. The molecule has 25 heavy (non-hydrogen) atoms. The number of allylic oxidation sites excluding steroid dienone is 1. The van der Waals surface area contributed by atoms with Gasteiger partial charge in [-0.05, 0) is 91.8 Å². The van der Waals surface area contributed by atoms with Crippen molar-refractivity contribution >= 4 is 0 Å². The van der Waals surface area contributed by atoms with Gasteiger partial charge in [-0.2, -0.15) is 0 Å². The number of hydrogen-bond donors (Lipinski definition) is 1. The molecule has 0 amide bonds. The van der Waals surface area contributed by atoms with Crippen molar-refractivity contribution in [3.05, 3.63) is 11.6 Å². The van der Waals surface area contributed by atoms with Crippen LogP contribution < -0.4 is 0 Å². The van der Waals surface area contributed by atoms with Crippen LogP contribution in [0.25, 0.3) is 0 Å². The van der Waals surface area contributed by atoms with Crippen molar-refractivity contribution in [2.45, 2.75) is 84.7 Å². The van der Waals surface area contributed by atoms with Gasteiger partial charge < -0.3 is 5.11 Å². The molecule has 8 atom stereocenters. The van der Waals surface area contributed by atoms with E-state index in [1.54, 1.807) is 5.57 Å². The van der Waals surface area contributed by atoms with E-state index in [1.165, 1.54) is 38.5 Å². The molecule has 1 N–H and O–H groups in total. The topological polar surface area (TPSA) is 20.2 Å². The maximum atomic E-state index is 10.1. The van der Waals surface area contributed by atoms with Crippen molar-refractivity contribution in [2.24, 2.45) is 40.4 Å². The van der Waals surface area contributed by atoms with Crippen LogP contribution in [0, 0.1) is 52.8 Å². The number of hydrogen-bond acceptors (Lipinski definition) is 1. The molecule has 1 heteroatoms. The Balaban J connectivity index is 1.61.